The Morgan fingerprint density at radius 1 is 0.917 bits per heavy atom. The van der Waals surface area contributed by atoms with Gasteiger partial charge < -0.3 is 10.6 Å². The highest BCUT2D eigenvalue weighted by Crippen LogP contribution is 2.22. The third-order valence-corrected chi connectivity index (χ3v) is 4.17. The van der Waals surface area contributed by atoms with E-state index in [2.05, 4.69) is 35.8 Å². The Bertz CT molecular complexity index is 809. The highest BCUT2D eigenvalue weighted by Gasteiger charge is 2.12. The molecule has 3 rings (SSSR count). The Morgan fingerprint density at radius 2 is 1.62 bits per heavy atom. The zero-order valence-corrected chi connectivity index (χ0v) is 13.8. The Balaban J connectivity index is 1.64. The minimum absolute atomic E-state index is 0.00126. The molecule has 2 N–H and O–H groups in total. The number of hydrogen-bond donors (Lipinski definition) is 2. The van der Waals surface area contributed by atoms with Gasteiger partial charge in [0.05, 0.1) is 12.6 Å². The van der Waals surface area contributed by atoms with Crippen LogP contribution in [-0.2, 0) is 4.79 Å². The number of nitrogens with one attached hydrogen (secondary N) is 2. The molecule has 1 unspecified atom stereocenters. The third kappa shape index (κ3) is 3.74. The van der Waals surface area contributed by atoms with Crippen molar-refractivity contribution in [2.45, 2.75) is 19.4 Å². The van der Waals surface area contributed by atoms with Gasteiger partial charge in [-0.25, -0.2) is 0 Å². The molecule has 0 saturated carbocycles. The van der Waals surface area contributed by atoms with Gasteiger partial charge in [0.1, 0.15) is 0 Å². The molecule has 0 radical (unpaired) electrons. The average Bonchev–Trinajstić information content (AvgIpc) is 2.65. The van der Waals surface area contributed by atoms with Crippen LogP contribution in [-0.4, -0.2) is 12.5 Å². The van der Waals surface area contributed by atoms with Crippen LogP contribution in [0, 0.1) is 0 Å². The number of carbonyl (C=O) groups excluding carboxylic acids is 1. The van der Waals surface area contributed by atoms with E-state index in [-0.39, 0.29) is 18.5 Å². The zero-order valence-electron chi connectivity index (χ0n) is 13.8. The van der Waals surface area contributed by atoms with Crippen molar-refractivity contribution in [2.24, 2.45) is 0 Å². The van der Waals surface area contributed by atoms with Crippen molar-refractivity contribution >= 4 is 22.4 Å². The van der Waals surface area contributed by atoms with Crippen molar-refractivity contribution in [3.63, 3.8) is 0 Å². The second-order valence-electron chi connectivity index (χ2n) is 5.82. The second kappa shape index (κ2) is 7.64. The quantitative estimate of drug-likeness (QED) is 0.701. The maximum atomic E-state index is 12.3. The summed E-state index contributed by atoms with van der Waals surface area (Å²) in [7, 11) is 0. The maximum Gasteiger partial charge on any atom is 0.239 e. The number of fused-ring (bicyclic) bond motifs is 1. The summed E-state index contributed by atoms with van der Waals surface area (Å²) in [5.41, 5.74) is 2.12. The number of rotatable bonds is 6. The van der Waals surface area contributed by atoms with E-state index in [1.165, 1.54) is 5.39 Å². The van der Waals surface area contributed by atoms with E-state index < -0.39 is 0 Å². The molecule has 24 heavy (non-hydrogen) atoms. The molecule has 0 aliphatic rings. The molecule has 3 aromatic rings. The van der Waals surface area contributed by atoms with E-state index in [1.807, 2.05) is 54.6 Å². The van der Waals surface area contributed by atoms with Gasteiger partial charge in [-0.05, 0) is 23.4 Å². The van der Waals surface area contributed by atoms with Crippen LogP contribution in [0.2, 0.25) is 0 Å². The molecule has 0 aliphatic heterocycles. The number of carbonyl (C=O) groups is 1. The lowest BCUT2D eigenvalue weighted by Crippen LogP contribution is -2.33. The number of benzene rings is 3. The van der Waals surface area contributed by atoms with E-state index in [0.717, 1.165) is 23.1 Å². The van der Waals surface area contributed by atoms with Gasteiger partial charge in [-0.1, -0.05) is 73.7 Å². The minimum atomic E-state index is -0.00126. The zero-order chi connectivity index (χ0) is 16.8. The monoisotopic (exact) mass is 318 g/mol. The van der Waals surface area contributed by atoms with Gasteiger partial charge in [0.25, 0.3) is 0 Å². The van der Waals surface area contributed by atoms with Gasteiger partial charge in [-0.2, -0.15) is 0 Å². The average molecular weight is 318 g/mol. The van der Waals surface area contributed by atoms with Crippen LogP contribution in [0.4, 0.5) is 5.69 Å². The molecule has 0 aromatic heterocycles. The molecule has 0 fully saturated rings. The normalized spacial score (nSPS) is 11.9. The largest absolute Gasteiger partial charge is 0.376 e. The van der Waals surface area contributed by atoms with E-state index in [0.29, 0.717) is 0 Å². The first-order chi connectivity index (χ1) is 11.8. The minimum Gasteiger partial charge on any atom is -0.376 e. The van der Waals surface area contributed by atoms with Gasteiger partial charge >= 0.3 is 0 Å². The molecule has 0 bridgehead atoms. The van der Waals surface area contributed by atoms with Gasteiger partial charge in [0, 0.05) is 11.1 Å². The van der Waals surface area contributed by atoms with Crippen LogP contribution >= 0.6 is 0 Å². The first-order valence-electron chi connectivity index (χ1n) is 8.34. The lowest BCUT2D eigenvalue weighted by atomic mass is 10.0. The lowest BCUT2D eigenvalue weighted by Gasteiger charge is -2.18. The third-order valence-electron chi connectivity index (χ3n) is 4.17. The van der Waals surface area contributed by atoms with Gasteiger partial charge in [0.15, 0.2) is 0 Å². The van der Waals surface area contributed by atoms with Crippen molar-refractivity contribution in [3.8, 4) is 0 Å². The first-order valence-corrected chi connectivity index (χ1v) is 8.34. The summed E-state index contributed by atoms with van der Waals surface area (Å²) < 4.78 is 0. The number of hydrogen-bond acceptors (Lipinski definition) is 2. The molecule has 1 atom stereocenters. The standard InChI is InChI=1S/C21H22N2O/c1-2-19(17-10-4-3-5-11-17)23-21(24)15-22-20-14-8-12-16-9-6-7-13-18(16)20/h3-14,19,22H,2,15H2,1H3,(H,23,24). The first kappa shape index (κ1) is 16.1. The Morgan fingerprint density at radius 3 is 2.42 bits per heavy atom. The molecule has 3 nitrogen and oxygen atoms in total. The number of amides is 1. The van der Waals surface area contributed by atoms with Crippen LogP contribution < -0.4 is 10.6 Å². The molecule has 3 heteroatoms. The Kier molecular flexibility index (Phi) is 5.12. The van der Waals surface area contributed by atoms with Gasteiger partial charge in [-0.15, -0.1) is 0 Å². The van der Waals surface area contributed by atoms with Crippen LogP contribution in [0.5, 0.6) is 0 Å². The maximum absolute atomic E-state index is 12.3. The van der Waals surface area contributed by atoms with Crippen molar-refractivity contribution in [1.82, 2.24) is 5.32 Å². The van der Waals surface area contributed by atoms with E-state index in [1.54, 1.807) is 0 Å². The molecular weight excluding hydrogens is 296 g/mol. The van der Waals surface area contributed by atoms with E-state index >= 15 is 0 Å². The van der Waals surface area contributed by atoms with Gasteiger partial charge in [-0.3, -0.25) is 4.79 Å². The summed E-state index contributed by atoms with van der Waals surface area (Å²) in [4.78, 5) is 12.3. The van der Waals surface area contributed by atoms with Crippen molar-refractivity contribution in [1.29, 1.82) is 0 Å². The predicted octanol–water partition coefficient (Wildman–Crippen LogP) is 4.52. The molecule has 3 aromatic carbocycles. The predicted molar refractivity (Wildman–Crippen MR) is 100 cm³/mol. The summed E-state index contributed by atoms with van der Waals surface area (Å²) in [5.74, 6) is -0.00126. The van der Waals surface area contributed by atoms with Crippen LogP contribution in [0.3, 0.4) is 0 Å². The smallest absolute Gasteiger partial charge is 0.239 e. The Hall–Kier alpha value is -2.81. The van der Waals surface area contributed by atoms with Gasteiger partial charge in [0.2, 0.25) is 5.91 Å². The molecule has 0 heterocycles. The fourth-order valence-electron chi connectivity index (χ4n) is 2.91. The molecular formula is C21H22N2O. The molecule has 0 spiro atoms. The van der Waals surface area contributed by atoms with Crippen LogP contribution in [0.25, 0.3) is 10.8 Å². The second-order valence-corrected chi connectivity index (χ2v) is 5.82. The van der Waals surface area contributed by atoms with Crippen molar-refractivity contribution in [3.05, 3.63) is 78.4 Å². The summed E-state index contributed by atoms with van der Waals surface area (Å²) in [5, 5.41) is 8.65. The highest BCUT2D eigenvalue weighted by atomic mass is 16.1. The fourth-order valence-corrected chi connectivity index (χ4v) is 2.91. The summed E-state index contributed by atoms with van der Waals surface area (Å²) in [6.45, 7) is 2.34. The summed E-state index contributed by atoms with van der Waals surface area (Å²) in [6.07, 6.45) is 0.865. The van der Waals surface area contributed by atoms with Crippen LogP contribution in [0.15, 0.2) is 72.8 Å². The fraction of sp³-hybridized carbons (Fsp3) is 0.190. The number of anilines is 1. The SMILES string of the molecule is CCC(NC(=O)CNc1cccc2ccccc12)c1ccccc1. The van der Waals surface area contributed by atoms with E-state index in [4.69, 9.17) is 0 Å². The van der Waals surface area contributed by atoms with E-state index in [9.17, 15) is 4.79 Å². The van der Waals surface area contributed by atoms with Crippen molar-refractivity contribution < 1.29 is 4.79 Å². The lowest BCUT2D eigenvalue weighted by molar-refractivity contribution is -0.120. The Labute approximate surface area is 142 Å². The summed E-state index contributed by atoms with van der Waals surface area (Å²) >= 11 is 0. The molecule has 1 amide bonds. The molecule has 0 aliphatic carbocycles. The molecule has 0 saturated heterocycles. The van der Waals surface area contributed by atoms with Crippen LogP contribution in [0.1, 0.15) is 24.9 Å². The molecule has 122 valence electrons. The highest BCUT2D eigenvalue weighted by molar-refractivity contribution is 5.95. The summed E-state index contributed by atoms with van der Waals surface area (Å²) in [6, 6.07) is 24.4. The van der Waals surface area contributed by atoms with Crippen molar-refractivity contribution in [2.75, 3.05) is 11.9 Å². The topological polar surface area (TPSA) is 41.1 Å².